The molecule has 0 bridgehead atoms. The lowest BCUT2D eigenvalue weighted by Gasteiger charge is -2.26. The molecule has 0 radical (unpaired) electrons. The third-order valence-electron chi connectivity index (χ3n) is 4.60. The molecule has 0 saturated heterocycles. The van der Waals surface area contributed by atoms with Gasteiger partial charge in [-0.25, -0.2) is 0 Å². The Hall–Kier alpha value is -1.12. The van der Waals surface area contributed by atoms with Gasteiger partial charge in [0, 0.05) is 4.47 Å². The van der Waals surface area contributed by atoms with Gasteiger partial charge < -0.3 is 5.32 Å². The standard InChI is InChI=1S/C19H22BrN/c1-13-6-11-18(20)17(12-13)19(21-2)16-9-7-15(8-10-16)14-4-3-5-14/h6-12,14,19,21H,3-5H2,1-2H3. The highest BCUT2D eigenvalue weighted by molar-refractivity contribution is 9.10. The van der Waals surface area contributed by atoms with Crippen molar-refractivity contribution in [1.82, 2.24) is 5.32 Å². The molecular weight excluding hydrogens is 322 g/mol. The Morgan fingerprint density at radius 1 is 1.10 bits per heavy atom. The molecule has 0 aromatic heterocycles. The van der Waals surface area contributed by atoms with Gasteiger partial charge in [0.2, 0.25) is 0 Å². The van der Waals surface area contributed by atoms with Gasteiger partial charge in [0.1, 0.15) is 0 Å². The summed E-state index contributed by atoms with van der Waals surface area (Å²) in [5, 5.41) is 3.45. The van der Waals surface area contributed by atoms with Crippen molar-refractivity contribution in [1.29, 1.82) is 0 Å². The SMILES string of the molecule is CNC(c1ccc(C2CCC2)cc1)c1cc(C)ccc1Br. The van der Waals surface area contributed by atoms with Crippen LogP contribution in [0.4, 0.5) is 0 Å². The van der Waals surface area contributed by atoms with Crippen molar-refractivity contribution in [2.45, 2.75) is 38.1 Å². The fraction of sp³-hybridized carbons (Fsp3) is 0.368. The summed E-state index contributed by atoms with van der Waals surface area (Å²) in [6, 6.07) is 15.9. The summed E-state index contributed by atoms with van der Waals surface area (Å²) in [4.78, 5) is 0. The molecule has 1 unspecified atom stereocenters. The molecule has 0 spiro atoms. The van der Waals surface area contributed by atoms with E-state index >= 15 is 0 Å². The summed E-state index contributed by atoms with van der Waals surface area (Å²) >= 11 is 3.69. The van der Waals surface area contributed by atoms with E-state index in [1.165, 1.54) is 41.5 Å². The molecule has 1 atom stereocenters. The molecule has 1 nitrogen and oxygen atoms in total. The number of hydrogen-bond donors (Lipinski definition) is 1. The third kappa shape index (κ3) is 3.07. The van der Waals surface area contributed by atoms with E-state index in [1.807, 2.05) is 7.05 Å². The van der Waals surface area contributed by atoms with Crippen molar-refractivity contribution in [3.63, 3.8) is 0 Å². The Bertz CT molecular complexity index is 614. The molecule has 1 aliphatic carbocycles. The third-order valence-corrected chi connectivity index (χ3v) is 5.32. The van der Waals surface area contributed by atoms with E-state index in [0.717, 1.165) is 10.4 Å². The molecule has 1 saturated carbocycles. The molecule has 2 aromatic carbocycles. The lowest BCUT2D eigenvalue weighted by molar-refractivity contribution is 0.419. The first-order chi connectivity index (χ1) is 10.2. The van der Waals surface area contributed by atoms with Gasteiger partial charge in [-0.1, -0.05) is 64.3 Å². The van der Waals surface area contributed by atoms with Crippen LogP contribution in [0.5, 0.6) is 0 Å². The first-order valence-electron chi connectivity index (χ1n) is 7.72. The fourth-order valence-electron chi connectivity index (χ4n) is 3.09. The van der Waals surface area contributed by atoms with Gasteiger partial charge in [0.05, 0.1) is 6.04 Å². The van der Waals surface area contributed by atoms with Gasteiger partial charge >= 0.3 is 0 Å². The van der Waals surface area contributed by atoms with E-state index < -0.39 is 0 Å². The smallest absolute Gasteiger partial charge is 0.0585 e. The second-order valence-corrected chi connectivity index (χ2v) is 6.90. The van der Waals surface area contributed by atoms with Crippen LogP contribution in [0.2, 0.25) is 0 Å². The van der Waals surface area contributed by atoms with Crippen LogP contribution in [0.25, 0.3) is 0 Å². The van der Waals surface area contributed by atoms with Crippen LogP contribution >= 0.6 is 15.9 Å². The molecule has 21 heavy (non-hydrogen) atoms. The van der Waals surface area contributed by atoms with Gasteiger partial charge in [-0.05, 0) is 55.5 Å². The van der Waals surface area contributed by atoms with Gasteiger partial charge in [0.15, 0.2) is 0 Å². The van der Waals surface area contributed by atoms with Crippen molar-refractivity contribution >= 4 is 15.9 Å². The van der Waals surface area contributed by atoms with Crippen molar-refractivity contribution in [2.75, 3.05) is 7.05 Å². The van der Waals surface area contributed by atoms with Gasteiger partial charge in [0.25, 0.3) is 0 Å². The maximum Gasteiger partial charge on any atom is 0.0585 e. The van der Waals surface area contributed by atoms with Gasteiger partial charge in [-0.2, -0.15) is 0 Å². The summed E-state index contributed by atoms with van der Waals surface area (Å²) < 4.78 is 1.16. The number of rotatable bonds is 4. The number of aryl methyl sites for hydroxylation is 1. The van der Waals surface area contributed by atoms with Crippen LogP contribution in [0.15, 0.2) is 46.9 Å². The topological polar surface area (TPSA) is 12.0 Å². The molecule has 2 heteroatoms. The monoisotopic (exact) mass is 343 g/mol. The van der Waals surface area contributed by atoms with Gasteiger partial charge in [-0.3, -0.25) is 0 Å². The van der Waals surface area contributed by atoms with Crippen molar-refractivity contribution in [2.24, 2.45) is 0 Å². The van der Waals surface area contributed by atoms with E-state index in [0.29, 0.717) is 0 Å². The lowest BCUT2D eigenvalue weighted by Crippen LogP contribution is -2.18. The zero-order chi connectivity index (χ0) is 14.8. The molecule has 1 fully saturated rings. The zero-order valence-corrected chi connectivity index (χ0v) is 14.3. The number of benzene rings is 2. The summed E-state index contributed by atoms with van der Waals surface area (Å²) in [6.45, 7) is 2.14. The Morgan fingerprint density at radius 2 is 1.81 bits per heavy atom. The van der Waals surface area contributed by atoms with Crippen LogP contribution in [-0.4, -0.2) is 7.05 Å². The number of hydrogen-bond acceptors (Lipinski definition) is 1. The average Bonchev–Trinajstić information content (AvgIpc) is 2.43. The average molecular weight is 344 g/mol. The first-order valence-corrected chi connectivity index (χ1v) is 8.51. The highest BCUT2D eigenvalue weighted by atomic mass is 79.9. The number of nitrogens with one attached hydrogen (secondary N) is 1. The molecule has 0 heterocycles. The highest BCUT2D eigenvalue weighted by Crippen LogP contribution is 2.37. The minimum Gasteiger partial charge on any atom is -0.309 e. The van der Waals surface area contributed by atoms with Crippen LogP contribution in [0, 0.1) is 6.92 Å². The molecule has 3 rings (SSSR count). The summed E-state index contributed by atoms with van der Waals surface area (Å²) in [7, 11) is 2.03. The van der Waals surface area contributed by atoms with Gasteiger partial charge in [-0.15, -0.1) is 0 Å². The molecule has 2 aromatic rings. The fourth-order valence-corrected chi connectivity index (χ4v) is 3.56. The highest BCUT2D eigenvalue weighted by Gasteiger charge is 2.20. The summed E-state index contributed by atoms with van der Waals surface area (Å²) in [6.07, 6.45) is 4.11. The molecule has 0 amide bonds. The van der Waals surface area contributed by atoms with E-state index in [9.17, 15) is 0 Å². The van der Waals surface area contributed by atoms with E-state index in [-0.39, 0.29) is 6.04 Å². The van der Waals surface area contributed by atoms with E-state index in [1.54, 1.807) is 0 Å². The summed E-state index contributed by atoms with van der Waals surface area (Å²) in [5.74, 6) is 0.804. The minimum atomic E-state index is 0.231. The van der Waals surface area contributed by atoms with Crippen molar-refractivity contribution in [3.05, 3.63) is 69.2 Å². The second-order valence-electron chi connectivity index (χ2n) is 6.04. The molecule has 1 aliphatic rings. The molecule has 110 valence electrons. The van der Waals surface area contributed by atoms with E-state index in [2.05, 4.69) is 70.6 Å². The van der Waals surface area contributed by atoms with Crippen LogP contribution in [0.3, 0.4) is 0 Å². The van der Waals surface area contributed by atoms with Crippen molar-refractivity contribution in [3.8, 4) is 0 Å². The van der Waals surface area contributed by atoms with Crippen LogP contribution in [0.1, 0.15) is 53.5 Å². The molecule has 0 aliphatic heterocycles. The Kier molecular flexibility index (Phi) is 4.46. The van der Waals surface area contributed by atoms with Crippen molar-refractivity contribution < 1.29 is 0 Å². The Labute approximate surface area is 135 Å². The Balaban J connectivity index is 1.90. The van der Waals surface area contributed by atoms with Crippen LogP contribution in [-0.2, 0) is 0 Å². The predicted octanol–water partition coefficient (Wildman–Crippen LogP) is 5.33. The molecular formula is C19H22BrN. The lowest BCUT2D eigenvalue weighted by atomic mass is 9.79. The first kappa shape index (κ1) is 14.8. The largest absolute Gasteiger partial charge is 0.309 e. The second kappa shape index (κ2) is 6.33. The maximum atomic E-state index is 3.69. The number of halogens is 1. The quantitative estimate of drug-likeness (QED) is 0.790. The van der Waals surface area contributed by atoms with E-state index in [4.69, 9.17) is 0 Å². The summed E-state index contributed by atoms with van der Waals surface area (Å²) in [5.41, 5.74) is 5.42. The zero-order valence-electron chi connectivity index (χ0n) is 12.7. The minimum absolute atomic E-state index is 0.231. The molecule has 1 N–H and O–H groups in total. The maximum absolute atomic E-state index is 3.69. The normalized spacial score (nSPS) is 16.5. The Morgan fingerprint density at radius 3 is 2.38 bits per heavy atom. The predicted molar refractivity (Wildman–Crippen MR) is 92.8 cm³/mol. The van der Waals surface area contributed by atoms with Crippen LogP contribution < -0.4 is 5.32 Å².